The molecular weight excluding hydrogens is 323 g/mol. The van der Waals surface area contributed by atoms with Gasteiger partial charge in [-0.05, 0) is 31.4 Å². The Balaban J connectivity index is 1.95. The maximum Gasteiger partial charge on any atom is 0.298 e. The molecule has 0 spiro atoms. The molecule has 118 valence electrons. The summed E-state index contributed by atoms with van der Waals surface area (Å²) in [5.41, 5.74) is -0.333. The third kappa shape index (κ3) is 1.89. The summed E-state index contributed by atoms with van der Waals surface area (Å²) in [6.45, 7) is 2.82. The number of hydrogen-bond donors (Lipinski definition) is 0. The first-order valence-electron chi connectivity index (χ1n) is 7.00. The molecule has 7 heteroatoms. The molecule has 0 fully saturated rings. The van der Waals surface area contributed by atoms with Crippen LogP contribution in [0.2, 0.25) is 0 Å². The van der Waals surface area contributed by atoms with Gasteiger partial charge in [-0.3, -0.25) is 4.99 Å². The Kier molecular flexibility index (Phi) is 2.79. The van der Waals surface area contributed by atoms with E-state index >= 15 is 0 Å². The van der Waals surface area contributed by atoms with Gasteiger partial charge in [-0.2, -0.15) is 8.78 Å². The third-order valence-electron chi connectivity index (χ3n) is 4.10. The van der Waals surface area contributed by atoms with Crippen molar-refractivity contribution in [2.75, 3.05) is 0 Å². The molecule has 1 aliphatic heterocycles. The molecular formula is C16H12F3N3S. The summed E-state index contributed by atoms with van der Waals surface area (Å²) in [5.74, 6) is -3.46. The van der Waals surface area contributed by atoms with E-state index in [4.69, 9.17) is 0 Å². The van der Waals surface area contributed by atoms with Crippen LogP contribution >= 0.6 is 11.3 Å². The molecule has 4 rings (SSSR count). The Morgan fingerprint density at radius 1 is 1.22 bits per heavy atom. The average Bonchev–Trinajstić information content (AvgIpc) is 3.11. The van der Waals surface area contributed by atoms with Crippen molar-refractivity contribution in [2.45, 2.75) is 25.3 Å². The summed E-state index contributed by atoms with van der Waals surface area (Å²) in [4.78, 5) is 8.81. The minimum atomic E-state index is -3.04. The molecule has 0 saturated heterocycles. The summed E-state index contributed by atoms with van der Waals surface area (Å²) in [6.07, 6.45) is 4.67. The van der Waals surface area contributed by atoms with Gasteiger partial charge in [0.2, 0.25) is 0 Å². The highest BCUT2D eigenvalue weighted by molar-refractivity contribution is 7.12. The van der Waals surface area contributed by atoms with Gasteiger partial charge in [0, 0.05) is 29.7 Å². The fourth-order valence-electron chi connectivity index (χ4n) is 2.75. The molecule has 0 bridgehead atoms. The van der Waals surface area contributed by atoms with Crippen LogP contribution in [0.4, 0.5) is 13.2 Å². The van der Waals surface area contributed by atoms with E-state index in [0.717, 1.165) is 0 Å². The fourth-order valence-corrected chi connectivity index (χ4v) is 3.69. The molecule has 0 atom stereocenters. The number of rotatable bonds is 1. The van der Waals surface area contributed by atoms with Gasteiger partial charge in [-0.25, -0.2) is 9.37 Å². The predicted molar refractivity (Wildman–Crippen MR) is 83.1 cm³/mol. The molecule has 3 aromatic heterocycles. The number of thiophene rings is 1. The zero-order valence-corrected chi connectivity index (χ0v) is 13.2. The van der Waals surface area contributed by atoms with Crippen LogP contribution < -0.4 is 0 Å². The molecule has 0 unspecified atom stereocenters. The van der Waals surface area contributed by atoms with Gasteiger partial charge in [0.1, 0.15) is 5.54 Å². The summed E-state index contributed by atoms with van der Waals surface area (Å²) < 4.78 is 44.2. The van der Waals surface area contributed by atoms with Crippen molar-refractivity contribution in [3.63, 3.8) is 0 Å². The van der Waals surface area contributed by atoms with Gasteiger partial charge < -0.3 is 4.40 Å². The molecule has 3 nitrogen and oxygen atoms in total. The van der Waals surface area contributed by atoms with Crippen LogP contribution in [0.1, 0.15) is 29.9 Å². The Bertz CT molecular complexity index is 953. The highest BCUT2D eigenvalue weighted by Gasteiger charge is 2.53. The standard InChI is InChI=1S/C16H12F3N3S/c1-15(2)16(18,19)10-4-6-23-13(10)12(21-15)9-7-20-14-11(17)3-5-22(14)8-9/h3-8H,1-2H3. The summed E-state index contributed by atoms with van der Waals surface area (Å²) in [6, 6.07) is 2.75. The number of halogens is 3. The van der Waals surface area contributed by atoms with E-state index in [1.165, 1.54) is 47.9 Å². The summed E-state index contributed by atoms with van der Waals surface area (Å²) in [7, 11) is 0. The van der Waals surface area contributed by atoms with E-state index in [1.807, 2.05) is 0 Å². The highest BCUT2D eigenvalue weighted by atomic mass is 32.1. The molecule has 23 heavy (non-hydrogen) atoms. The Hall–Kier alpha value is -2.15. The van der Waals surface area contributed by atoms with Crippen LogP contribution in [-0.2, 0) is 5.92 Å². The normalized spacial score (nSPS) is 18.7. The first-order valence-corrected chi connectivity index (χ1v) is 7.88. The van der Waals surface area contributed by atoms with Crippen LogP contribution in [0.25, 0.3) is 5.65 Å². The van der Waals surface area contributed by atoms with Crippen molar-refractivity contribution >= 4 is 22.7 Å². The molecule has 0 amide bonds. The van der Waals surface area contributed by atoms with E-state index in [2.05, 4.69) is 9.98 Å². The van der Waals surface area contributed by atoms with Crippen LogP contribution in [0.3, 0.4) is 0 Å². The monoisotopic (exact) mass is 335 g/mol. The van der Waals surface area contributed by atoms with E-state index < -0.39 is 17.3 Å². The van der Waals surface area contributed by atoms with E-state index in [9.17, 15) is 13.2 Å². The summed E-state index contributed by atoms with van der Waals surface area (Å²) >= 11 is 1.22. The topological polar surface area (TPSA) is 29.7 Å². The van der Waals surface area contributed by atoms with Crippen LogP contribution in [0, 0.1) is 5.82 Å². The van der Waals surface area contributed by atoms with Crippen molar-refractivity contribution in [3.8, 4) is 0 Å². The maximum absolute atomic E-state index is 14.6. The van der Waals surface area contributed by atoms with Gasteiger partial charge in [0.15, 0.2) is 11.5 Å². The second-order valence-corrected chi connectivity index (χ2v) is 6.91. The molecule has 0 aliphatic carbocycles. The molecule has 0 radical (unpaired) electrons. The van der Waals surface area contributed by atoms with Gasteiger partial charge in [0.25, 0.3) is 5.92 Å². The SMILES string of the molecule is CC1(C)N=C(c2cnc3c(F)ccn3c2)c2sccc2C1(F)F. The van der Waals surface area contributed by atoms with Crippen LogP contribution in [-0.4, -0.2) is 20.6 Å². The molecule has 4 heterocycles. The van der Waals surface area contributed by atoms with Crippen LogP contribution in [0.5, 0.6) is 0 Å². The van der Waals surface area contributed by atoms with Crippen molar-refractivity contribution in [1.29, 1.82) is 0 Å². The maximum atomic E-state index is 14.6. The molecule has 0 aromatic carbocycles. The Morgan fingerprint density at radius 2 is 2.00 bits per heavy atom. The zero-order chi connectivity index (χ0) is 16.4. The highest BCUT2D eigenvalue weighted by Crippen LogP contribution is 2.48. The lowest BCUT2D eigenvalue weighted by Gasteiger charge is -2.35. The Labute approximate surface area is 134 Å². The minimum Gasteiger partial charge on any atom is -0.305 e. The first kappa shape index (κ1) is 14.4. The lowest BCUT2D eigenvalue weighted by atomic mass is 9.86. The molecule has 0 N–H and O–H groups in total. The third-order valence-corrected chi connectivity index (χ3v) is 5.02. The van der Waals surface area contributed by atoms with Crippen molar-refractivity contribution < 1.29 is 13.2 Å². The van der Waals surface area contributed by atoms with Crippen LogP contribution in [0.15, 0.2) is 41.1 Å². The average molecular weight is 335 g/mol. The van der Waals surface area contributed by atoms with Crippen molar-refractivity contribution in [1.82, 2.24) is 9.38 Å². The number of aromatic nitrogens is 2. The zero-order valence-electron chi connectivity index (χ0n) is 12.3. The van der Waals surface area contributed by atoms with Gasteiger partial charge in [0.05, 0.1) is 10.6 Å². The lowest BCUT2D eigenvalue weighted by Crippen LogP contribution is -2.43. The van der Waals surface area contributed by atoms with E-state index in [-0.39, 0.29) is 11.2 Å². The molecule has 0 saturated carbocycles. The number of alkyl halides is 2. The van der Waals surface area contributed by atoms with Gasteiger partial charge in [-0.1, -0.05) is 0 Å². The number of fused-ring (bicyclic) bond motifs is 2. The smallest absolute Gasteiger partial charge is 0.298 e. The molecule has 1 aliphatic rings. The number of hydrogen-bond acceptors (Lipinski definition) is 3. The Morgan fingerprint density at radius 3 is 2.78 bits per heavy atom. The lowest BCUT2D eigenvalue weighted by molar-refractivity contribution is -0.0677. The van der Waals surface area contributed by atoms with Crippen molar-refractivity contribution in [2.24, 2.45) is 4.99 Å². The number of nitrogens with zero attached hydrogens (tertiary/aromatic N) is 3. The molecule has 3 aromatic rings. The summed E-state index contributed by atoms with van der Waals surface area (Å²) in [5, 5.41) is 1.64. The van der Waals surface area contributed by atoms with Crippen molar-refractivity contribution in [3.05, 3.63) is 57.9 Å². The first-order chi connectivity index (χ1) is 10.8. The van der Waals surface area contributed by atoms with Gasteiger partial charge in [-0.15, -0.1) is 11.3 Å². The van der Waals surface area contributed by atoms with E-state index in [0.29, 0.717) is 16.2 Å². The second kappa shape index (κ2) is 4.44. The largest absolute Gasteiger partial charge is 0.305 e. The quantitative estimate of drug-likeness (QED) is 0.653. The van der Waals surface area contributed by atoms with E-state index in [1.54, 1.807) is 17.8 Å². The minimum absolute atomic E-state index is 0.0173. The van der Waals surface area contributed by atoms with Gasteiger partial charge >= 0.3 is 0 Å². The predicted octanol–water partition coefficient (Wildman–Crippen LogP) is 4.26. The fraction of sp³-hybridized carbons (Fsp3) is 0.250. The second-order valence-electron chi connectivity index (χ2n) is 5.99. The number of aliphatic imine (C=N–C) groups is 1.